The first kappa shape index (κ1) is 25.2. The average Bonchev–Trinajstić information content (AvgIpc) is 3.54. The summed E-state index contributed by atoms with van der Waals surface area (Å²) in [7, 11) is 1.54. The Kier molecular flexibility index (Phi) is 6.49. The number of nitrogens with zero attached hydrogens (tertiary/aromatic N) is 2. The van der Waals surface area contributed by atoms with Crippen molar-refractivity contribution in [3.63, 3.8) is 0 Å². The van der Waals surface area contributed by atoms with Crippen LogP contribution < -0.4 is 15.8 Å². The number of carbonyl (C=O) groups is 2. The van der Waals surface area contributed by atoms with Gasteiger partial charge in [0.05, 0.1) is 18.5 Å². The zero-order chi connectivity index (χ0) is 27.0. The molecule has 2 aromatic carbocycles. The third-order valence-electron chi connectivity index (χ3n) is 5.89. The minimum Gasteiger partial charge on any atom is -0.497 e. The molecular weight excluding hydrogens is 521 g/mol. The number of ether oxygens (including phenoxy) is 1. The van der Waals surface area contributed by atoms with Crippen molar-refractivity contribution < 1.29 is 32.3 Å². The van der Waals surface area contributed by atoms with Gasteiger partial charge in [0.1, 0.15) is 21.2 Å². The zero-order valence-corrected chi connectivity index (χ0v) is 20.5. The highest BCUT2D eigenvalue weighted by Gasteiger charge is 2.36. The van der Waals surface area contributed by atoms with Crippen LogP contribution in [0.15, 0.2) is 65.8 Å². The summed E-state index contributed by atoms with van der Waals surface area (Å²) < 4.78 is 46.1. The fraction of sp³-hybridized carbons (Fsp3) is 0.154. The number of aromatic nitrogens is 1. The van der Waals surface area contributed by atoms with Crippen molar-refractivity contribution >= 4 is 44.8 Å². The fourth-order valence-corrected chi connectivity index (χ4v) is 5.06. The molecule has 38 heavy (non-hydrogen) atoms. The Labute approximate surface area is 217 Å². The van der Waals surface area contributed by atoms with E-state index in [1.54, 1.807) is 61.7 Å². The summed E-state index contributed by atoms with van der Waals surface area (Å²) in [6, 6.07) is 16.2. The SMILES string of the molecule is COc1ccc(C2=NOC(C(=O)Nc3c(C(N)=O)sc4nc(C(F)(F)F)cc(-c5ccccc5)c34)C2)cc1. The van der Waals surface area contributed by atoms with Crippen molar-refractivity contribution in [1.82, 2.24) is 4.98 Å². The lowest BCUT2D eigenvalue weighted by molar-refractivity contribution is -0.140. The van der Waals surface area contributed by atoms with Gasteiger partial charge in [-0.3, -0.25) is 9.59 Å². The predicted molar refractivity (Wildman–Crippen MR) is 136 cm³/mol. The molecule has 1 aliphatic heterocycles. The van der Waals surface area contributed by atoms with Crippen molar-refractivity contribution in [2.75, 3.05) is 12.4 Å². The number of benzene rings is 2. The maximum atomic E-state index is 13.7. The molecule has 0 saturated carbocycles. The summed E-state index contributed by atoms with van der Waals surface area (Å²) >= 11 is 0.675. The first-order valence-electron chi connectivity index (χ1n) is 11.2. The Morgan fingerprint density at radius 1 is 1.11 bits per heavy atom. The number of amides is 2. The van der Waals surface area contributed by atoms with Crippen LogP contribution in [0.4, 0.5) is 18.9 Å². The van der Waals surface area contributed by atoms with E-state index in [4.69, 9.17) is 15.3 Å². The number of carbonyl (C=O) groups excluding carboxylic acids is 2. The van der Waals surface area contributed by atoms with Gasteiger partial charge in [-0.05, 0) is 47.0 Å². The molecule has 2 amide bonds. The van der Waals surface area contributed by atoms with E-state index >= 15 is 0 Å². The van der Waals surface area contributed by atoms with Crippen LogP contribution in [0.3, 0.4) is 0 Å². The summed E-state index contributed by atoms with van der Waals surface area (Å²) in [5.74, 6) is -0.904. The molecule has 1 unspecified atom stereocenters. The summed E-state index contributed by atoms with van der Waals surface area (Å²) in [5.41, 5.74) is 6.24. The number of thiophene rings is 1. The first-order chi connectivity index (χ1) is 18.2. The van der Waals surface area contributed by atoms with Gasteiger partial charge in [0.25, 0.3) is 11.8 Å². The lowest BCUT2D eigenvalue weighted by atomic mass is 10.0. The molecule has 3 N–H and O–H groups in total. The minimum atomic E-state index is -4.73. The highest BCUT2D eigenvalue weighted by atomic mass is 32.1. The van der Waals surface area contributed by atoms with E-state index in [9.17, 15) is 22.8 Å². The van der Waals surface area contributed by atoms with E-state index in [0.29, 0.717) is 28.4 Å². The average molecular weight is 541 g/mol. The number of hydrogen-bond acceptors (Lipinski definition) is 7. The van der Waals surface area contributed by atoms with Crippen molar-refractivity contribution in [3.05, 3.63) is 76.8 Å². The quantitative estimate of drug-likeness (QED) is 0.348. The number of halogens is 3. The van der Waals surface area contributed by atoms with Crippen LogP contribution in [-0.2, 0) is 15.8 Å². The third kappa shape index (κ3) is 4.77. The zero-order valence-electron chi connectivity index (χ0n) is 19.7. The highest BCUT2D eigenvalue weighted by Crippen LogP contribution is 2.43. The summed E-state index contributed by atoms with van der Waals surface area (Å²) in [6.07, 6.45) is -5.63. The van der Waals surface area contributed by atoms with Crippen LogP contribution in [0.5, 0.6) is 5.75 Å². The number of fused-ring (bicyclic) bond motifs is 1. The van der Waals surface area contributed by atoms with Gasteiger partial charge in [-0.1, -0.05) is 35.5 Å². The topological polar surface area (TPSA) is 116 Å². The summed E-state index contributed by atoms with van der Waals surface area (Å²) in [4.78, 5) is 34.3. The molecule has 0 fully saturated rings. The number of alkyl halides is 3. The molecule has 0 aliphatic carbocycles. The highest BCUT2D eigenvalue weighted by molar-refractivity contribution is 7.21. The smallest absolute Gasteiger partial charge is 0.433 e. The molecule has 2 aromatic heterocycles. The molecule has 194 valence electrons. The van der Waals surface area contributed by atoms with Crippen LogP contribution in [0.1, 0.15) is 27.3 Å². The van der Waals surface area contributed by atoms with E-state index < -0.39 is 29.8 Å². The van der Waals surface area contributed by atoms with Crippen molar-refractivity contribution in [2.45, 2.75) is 18.7 Å². The first-order valence-corrected chi connectivity index (χ1v) is 12.0. The van der Waals surface area contributed by atoms with E-state index in [0.717, 1.165) is 11.6 Å². The van der Waals surface area contributed by atoms with Gasteiger partial charge in [0, 0.05) is 11.8 Å². The Morgan fingerprint density at radius 3 is 2.45 bits per heavy atom. The molecule has 4 aromatic rings. The molecule has 8 nitrogen and oxygen atoms in total. The van der Waals surface area contributed by atoms with Crippen molar-refractivity contribution in [2.24, 2.45) is 10.9 Å². The van der Waals surface area contributed by atoms with E-state index in [1.165, 1.54) is 0 Å². The molecular formula is C26H19F3N4O4S. The maximum Gasteiger partial charge on any atom is 0.433 e. The van der Waals surface area contributed by atoms with E-state index in [2.05, 4.69) is 15.5 Å². The predicted octanol–water partition coefficient (Wildman–Crippen LogP) is 5.22. The van der Waals surface area contributed by atoms with Crippen LogP contribution in [0.2, 0.25) is 0 Å². The molecule has 1 atom stereocenters. The second-order valence-electron chi connectivity index (χ2n) is 8.32. The van der Waals surface area contributed by atoms with Gasteiger partial charge in [-0.15, -0.1) is 11.3 Å². The van der Waals surface area contributed by atoms with E-state index in [1.807, 2.05) is 0 Å². The van der Waals surface area contributed by atoms with Crippen molar-refractivity contribution in [1.29, 1.82) is 0 Å². The van der Waals surface area contributed by atoms with E-state index in [-0.39, 0.29) is 32.8 Å². The Hall–Kier alpha value is -4.45. The van der Waals surface area contributed by atoms with Crippen LogP contribution in [-0.4, -0.2) is 35.7 Å². The normalized spacial score (nSPS) is 15.2. The number of nitrogens with one attached hydrogen (secondary N) is 1. The largest absolute Gasteiger partial charge is 0.497 e. The molecule has 0 spiro atoms. The maximum absolute atomic E-state index is 13.7. The number of oxime groups is 1. The van der Waals surface area contributed by atoms with Gasteiger partial charge >= 0.3 is 6.18 Å². The third-order valence-corrected chi connectivity index (χ3v) is 6.99. The second kappa shape index (κ2) is 9.78. The molecule has 0 bridgehead atoms. The number of nitrogens with two attached hydrogens (primary N) is 1. The number of hydrogen-bond donors (Lipinski definition) is 2. The van der Waals surface area contributed by atoms with Crippen LogP contribution in [0, 0.1) is 0 Å². The van der Waals surface area contributed by atoms with Crippen molar-refractivity contribution in [3.8, 4) is 16.9 Å². The van der Waals surface area contributed by atoms with Gasteiger partial charge in [-0.2, -0.15) is 13.2 Å². The van der Waals surface area contributed by atoms with Gasteiger partial charge < -0.3 is 20.6 Å². The minimum absolute atomic E-state index is 0.0240. The Morgan fingerprint density at radius 2 is 1.82 bits per heavy atom. The lowest BCUT2D eigenvalue weighted by Gasteiger charge is -2.13. The van der Waals surface area contributed by atoms with Gasteiger partial charge in [0.15, 0.2) is 0 Å². The lowest BCUT2D eigenvalue weighted by Crippen LogP contribution is -2.29. The molecule has 12 heteroatoms. The number of primary amides is 1. The second-order valence-corrected chi connectivity index (χ2v) is 9.32. The fourth-order valence-electron chi connectivity index (χ4n) is 4.06. The number of pyridine rings is 1. The molecule has 5 rings (SSSR count). The molecule has 0 radical (unpaired) electrons. The van der Waals surface area contributed by atoms with Gasteiger partial charge in [0.2, 0.25) is 6.10 Å². The number of methoxy groups -OCH3 is 1. The summed E-state index contributed by atoms with van der Waals surface area (Å²) in [6.45, 7) is 0. The van der Waals surface area contributed by atoms with Crippen LogP contribution >= 0.6 is 11.3 Å². The standard InChI is InChI=1S/C26H19F3N4O4S/c1-36-15-9-7-14(8-10-15)17-12-18(37-33-17)24(35)32-21-20-16(13-5-3-2-4-6-13)11-19(26(27,28)29)31-25(20)38-22(21)23(30)34/h2-11,18H,12H2,1H3,(H2,30,34)(H,32,35). The Bertz CT molecular complexity index is 1570. The molecule has 0 saturated heterocycles. The molecule has 3 heterocycles. The number of rotatable bonds is 6. The summed E-state index contributed by atoms with van der Waals surface area (Å²) in [5, 5.41) is 6.82. The number of anilines is 1. The monoisotopic (exact) mass is 540 g/mol. The Balaban J connectivity index is 1.52. The molecule has 1 aliphatic rings. The van der Waals surface area contributed by atoms with Crippen LogP contribution in [0.25, 0.3) is 21.3 Å². The van der Waals surface area contributed by atoms with Gasteiger partial charge in [-0.25, -0.2) is 4.98 Å².